The molecule has 0 bridgehead atoms. The van der Waals surface area contributed by atoms with E-state index >= 15 is 0 Å². The zero-order chi connectivity index (χ0) is 17.1. The van der Waals surface area contributed by atoms with Crippen LogP contribution in [0.4, 0.5) is 4.39 Å². The van der Waals surface area contributed by atoms with Crippen LogP contribution in [0.2, 0.25) is 0 Å². The number of carbonyl (C=O) groups is 1. The summed E-state index contributed by atoms with van der Waals surface area (Å²) in [5.74, 6) is -0.650. The Morgan fingerprint density at radius 1 is 1.21 bits per heavy atom. The van der Waals surface area contributed by atoms with E-state index in [9.17, 15) is 9.18 Å². The Morgan fingerprint density at radius 3 is 2.62 bits per heavy atom. The SMILES string of the molecule is CC(NC(=O)c1ccccc1F)c1nnnn1-c1ccc(Br)cc1. The molecule has 0 aliphatic carbocycles. The minimum absolute atomic E-state index is 0.0213. The van der Waals surface area contributed by atoms with Crippen molar-refractivity contribution in [2.24, 2.45) is 0 Å². The molecule has 0 aliphatic rings. The van der Waals surface area contributed by atoms with Crippen LogP contribution in [0.3, 0.4) is 0 Å². The van der Waals surface area contributed by atoms with Gasteiger partial charge < -0.3 is 5.32 Å². The van der Waals surface area contributed by atoms with Crippen molar-refractivity contribution in [1.82, 2.24) is 25.5 Å². The van der Waals surface area contributed by atoms with E-state index in [4.69, 9.17) is 0 Å². The third kappa shape index (κ3) is 3.33. The molecule has 1 aromatic heterocycles. The van der Waals surface area contributed by atoms with Gasteiger partial charge >= 0.3 is 0 Å². The highest BCUT2D eigenvalue weighted by atomic mass is 79.9. The van der Waals surface area contributed by atoms with Crippen LogP contribution in [0.1, 0.15) is 29.1 Å². The summed E-state index contributed by atoms with van der Waals surface area (Å²) in [6.45, 7) is 1.74. The summed E-state index contributed by atoms with van der Waals surface area (Å²) in [5.41, 5.74) is 0.734. The van der Waals surface area contributed by atoms with Crippen molar-refractivity contribution >= 4 is 21.8 Å². The van der Waals surface area contributed by atoms with Crippen molar-refractivity contribution < 1.29 is 9.18 Å². The van der Waals surface area contributed by atoms with Crippen LogP contribution in [0.5, 0.6) is 0 Å². The number of rotatable bonds is 4. The Hall–Kier alpha value is -2.61. The molecule has 0 saturated carbocycles. The number of hydrogen-bond donors (Lipinski definition) is 1. The Kier molecular flexibility index (Phi) is 4.66. The summed E-state index contributed by atoms with van der Waals surface area (Å²) in [7, 11) is 0. The fraction of sp³-hybridized carbons (Fsp3) is 0.125. The van der Waals surface area contributed by atoms with E-state index in [1.807, 2.05) is 24.3 Å². The van der Waals surface area contributed by atoms with Gasteiger partial charge in [0.15, 0.2) is 5.82 Å². The first-order valence-corrected chi connectivity index (χ1v) is 7.95. The van der Waals surface area contributed by atoms with Crippen LogP contribution in [0.15, 0.2) is 53.0 Å². The predicted molar refractivity (Wildman–Crippen MR) is 89.1 cm³/mol. The summed E-state index contributed by atoms with van der Waals surface area (Å²) in [6.07, 6.45) is 0. The minimum Gasteiger partial charge on any atom is -0.342 e. The van der Waals surface area contributed by atoms with E-state index in [1.165, 1.54) is 22.9 Å². The van der Waals surface area contributed by atoms with Gasteiger partial charge in [-0.15, -0.1) is 5.10 Å². The van der Waals surface area contributed by atoms with Gasteiger partial charge in [0.1, 0.15) is 5.82 Å². The Balaban J connectivity index is 1.83. The lowest BCUT2D eigenvalue weighted by Crippen LogP contribution is -2.29. The van der Waals surface area contributed by atoms with E-state index in [2.05, 4.69) is 36.8 Å². The highest BCUT2D eigenvalue weighted by Gasteiger charge is 2.20. The van der Waals surface area contributed by atoms with Gasteiger partial charge in [-0.25, -0.2) is 4.39 Å². The molecule has 24 heavy (non-hydrogen) atoms. The molecule has 1 N–H and O–H groups in total. The lowest BCUT2D eigenvalue weighted by molar-refractivity contribution is 0.0934. The zero-order valence-corrected chi connectivity index (χ0v) is 14.2. The summed E-state index contributed by atoms with van der Waals surface area (Å²) in [5, 5.41) is 14.3. The van der Waals surface area contributed by atoms with Crippen LogP contribution >= 0.6 is 15.9 Å². The summed E-state index contributed by atoms with van der Waals surface area (Å²) >= 11 is 3.37. The van der Waals surface area contributed by atoms with Gasteiger partial charge in [0.05, 0.1) is 17.3 Å². The second kappa shape index (κ2) is 6.88. The van der Waals surface area contributed by atoms with E-state index in [-0.39, 0.29) is 5.56 Å². The maximum atomic E-state index is 13.7. The molecule has 3 aromatic rings. The van der Waals surface area contributed by atoms with Crippen LogP contribution in [-0.4, -0.2) is 26.1 Å². The van der Waals surface area contributed by atoms with E-state index < -0.39 is 17.8 Å². The summed E-state index contributed by atoms with van der Waals surface area (Å²) in [4.78, 5) is 12.2. The van der Waals surface area contributed by atoms with Gasteiger partial charge in [-0.2, -0.15) is 4.68 Å². The Morgan fingerprint density at radius 2 is 1.92 bits per heavy atom. The topological polar surface area (TPSA) is 72.7 Å². The van der Waals surface area contributed by atoms with Crippen LogP contribution in [0, 0.1) is 5.82 Å². The minimum atomic E-state index is -0.574. The lowest BCUT2D eigenvalue weighted by atomic mass is 10.2. The van der Waals surface area contributed by atoms with Gasteiger partial charge in [-0.1, -0.05) is 28.1 Å². The van der Waals surface area contributed by atoms with Gasteiger partial charge in [0.25, 0.3) is 5.91 Å². The molecule has 0 aliphatic heterocycles. The zero-order valence-electron chi connectivity index (χ0n) is 12.6. The van der Waals surface area contributed by atoms with Crippen molar-refractivity contribution in [3.63, 3.8) is 0 Å². The first kappa shape index (κ1) is 16.3. The molecule has 8 heteroatoms. The molecule has 1 atom stereocenters. The number of carbonyl (C=O) groups excluding carboxylic acids is 1. The maximum absolute atomic E-state index is 13.7. The van der Waals surface area contributed by atoms with E-state index in [0.717, 1.165) is 10.2 Å². The third-order valence-corrected chi connectivity index (χ3v) is 3.95. The quantitative estimate of drug-likeness (QED) is 0.743. The average Bonchev–Trinajstić information content (AvgIpc) is 3.05. The van der Waals surface area contributed by atoms with Crippen molar-refractivity contribution in [2.45, 2.75) is 13.0 Å². The molecule has 1 amide bonds. The number of amides is 1. The first-order valence-electron chi connectivity index (χ1n) is 7.16. The molecule has 0 spiro atoms. The highest BCUT2D eigenvalue weighted by Crippen LogP contribution is 2.17. The lowest BCUT2D eigenvalue weighted by Gasteiger charge is -2.14. The molecule has 2 aromatic carbocycles. The number of tetrazole rings is 1. The number of benzene rings is 2. The molecule has 0 fully saturated rings. The largest absolute Gasteiger partial charge is 0.342 e. The van der Waals surface area contributed by atoms with Gasteiger partial charge in [0, 0.05) is 4.47 Å². The average molecular weight is 390 g/mol. The maximum Gasteiger partial charge on any atom is 0.254 e. The number of nitrogens with one attached hydrogen (secondary N) is 1. The molecular formula is C16H13BrFN5O. The van der Waals surface area contributed by atoms with Crippen LogP contribution in [-0.2, 0) is 0 Å². The molecule has 6 nitrogen and oxygen atoms in total. The number of halogens is 2. The third-order valence-electron chi connectivity index (χ3n) is 3.42. The van der Waals surface area contributed by atoms with Crippen LogP contribution < -0.4 is 5.32 Å². The standard InChI is InChI=1S/C16H13BrFN5O/c1-10(19-16(24)13-4-2-3-5-14(13)18)15-20-21-22-23(15)12-8-6-11(17)7-9-12/h2-10H,1H3,(H,19,24). The van der Waals surface area contributed by atoms with Gasteiger partial charge in [-0.3, -0.25) is 4.79 Å². The number of nitrogens with zero attached hydrogens (tertiary/aromatic N) is 4. The predicted octanol–water partition coefficient (Wildman–Crippen LogP) is 3.05. The second-order valence-electron chi connectivity index (χ2n) is 5.10. The Bertz CT molecular complexity index is 865. The highest BCUT2D eigenvalue weighted by molar-refractivity contribution is 9.10. The van der Waals surface area contributed by atoms with Crippen molar-refractivity contribution in [2.75, 3.05) is 0 Å². The normalized spacial score (nSPS) is 12.0. The first-order chi connectivity index (χ1) is 11.6. The molecular weight excluding hydrogens is 377 g/mol. The van der Waals surface area contributed by atoms with Crippen LogP contribution in [0.25, 0.3) is 5.69 Å². The summed E-state index contributed by atoms with van der Waals surface area (Å²) in [6, 6.07) is 12.7. The fourth-order valence-corrected chi connectivity index (χ4v) is 2.48. The Labute approximate surface area is 145 Å². The molecule has 3 rings (SSSR count). The number of hydrogen-bond acceptors (Lipinski definition) is 4. The van der Waals surface area contributed by atoms with E-state index in [0.29, 0.717) is 5.82 Å². The van der Waals surface area contributed by atoms with Crippen molar-refractivity contribution in [3.05, 3.63) is 70.2 Å². The second-order valence-corrected chi connectivity index (χ2v) is 6.02. The van der Waals surface area contributed by atoms with Crippen molar-refractivity contribution in [1.29, 1.82) is 0 Å². The summed E-state index contributed by atoms with van der Waals surface area (Å²) < 4.78 is 16.2. The molecule has 0 radical (unpaired) electrons. The number of aromatic nitrogens is 4. The van der Waals surface area contributed by atoms with Gasteiger partial charge in [-0.05, 0) is 53.7 Å². The smallest absolute Gasteiger partial charge is 0.254 e. The van der Waals surface area contributed by atoms with Gasteiger partial charge in [0.2, 0.25) is 0 Å². The molecule has 1 heterocycles. The fourth-order valence-electron chi connectivity index (χ4n) is 2.21. The monoisotopic (exact) mass is 389 g/mol. The molecule has 1 unspecified atom stereocenters. The molecule has 122 valence electrons. The van der Waals surface area contributed by atoms with E-state index in [1.54, 1.807) is 13.0 Å². The van der Waals surface area contributed by atoms with Crippen molar-refractivity contribution in [3.8, 4) is 5.69 Å². The molecule has 0 saturated heterocycles.